The van der Waals surface area contributed by atoms with Gasteiger partial charge in [-0.25, -0.2) is 13.1 Å². The van der Waals surface area contributed by atoms with Crippen LogP contribution in [0.15, 0.2) is 4.99 Å². The smallest absolute Gasteiger partial charge is 0.208 e. The van der Waals surface area contributed by atoms with E-state index in [1.54, 1.807) is 7.05 Å². The summed E-state index contributed by atoms with van der Waals surface area (Å²) in [5.74, 6) is 1.54. The van der Waals surface area contributed by atoms with Gasteiger partial charge in [-0.15, -0.1) is 0 Å². The zero-order chi connectivity index (χ0) is 13.6. The van der Waals surface area contributed by atoms with Gasteiger partial charge >= 0.3 is 0 Å². The van der Waals surface area contributed by atoms with Gasteiger partial charge in [0.15, 0.2) is 5.96 Å². The molecule has 18 heavy (non-hydrogen) atoms. The number of sulfonamides is 1. The predicted octanol–water partition coefficient (Wildman–Crippen LogP) is -0.157. The highest BCUT2D eigenvalue weighted by Gasteiger charge is 2.18. The Morgan fingerprint density at radius 1 is 1.44 bits per heavy atom. The van der Waals surface area contributed by atoms with Crippen molar-refractivity contribution < 1.29 is 8.42 Å². The van der Waals surface area contributed by atoms with E-state index in [1.807, 2.05) is 0 Å². The summed E-state index contributed by atoms with van der Waals surface area (Å²) < 4.78 is 24.3. The summed E-state index contributed by atoms with van der Waals surface area (Å²) >= 11 is 0. The molecule has 1 unspecified atom stereocenters. The second kappa shape index (κ2) is 6.94. The second-order valence-corrected chi connectivity index (χ2v) is 6.67. The van der Waals surface area contributed by atoms with Gasteiger partial charge in [-0.05, 0) is 18.8 Å². The van der Waals surface area contributed by atoms with E-state index in [-0.39, 0.29) is 0 Å². The van der Waals surface area contributed by atoms with E-state index >= 15 is 0 Å². The Hall–Kier alpha value is -0.820. The molecule has 0 saturated carbocycles. The average Bonchev–Trinajstić information content (AvgIpc) is 2.27. The molecule has 0 aliphatic carbocycles. The SMILES string of the molecule is CN=C(NCCNS(C)(=O)=O)N1CCCC(C)C1. The standard InChI is InChI=1S/C11H24N4O2S/c1-10-5-4-8-15(9-10)11(12-2)13-6-7-14-18(3,16)17/h10,14H,4-9H2,1-3H3,(H,12,13). The highest BCUT2D eigenvalue weighted by Crippen LogP contribution is 2.15. The van der Waals surface area contributed by atoms with E-state index in [2.05, 4.69) is 26.9 Å². The molecule has 6 nitrogen and oxygen atoms in total. The molecule has 1 rings (SSSR count). The quantitative estimate of drug-likeness (QED) is 0.425. The highest BCUT2D eigenvalue weighted by atomic mass is 32.2. The fourth-order valence-corrected chi connectivity index (χ4v) is 2.60. The largest absolute Gasteiger partial charge is 0.355 e. The fraction of sp³-hybridized carbons (Fsp3) is 0.909. The van der Waals surface area contributed by atoms with E-state index in [0.717, 1.165) is 25.3 Å². The number of nitrogens with zero attached hydrogens (tertiary/aromatic N) is 2. The average molecular weight is 276 g/mol. The summed E-state index contributed by atoms with van der Waals surface area (Å²) in [6.45, 7) is 5.19. The summed E-state index contributed by atoms with van der Waals surface area (Å²) in [5, 5.41) is 3.18. The molecule has 7 heteroatoms. The van der Waals surface area contributed by atoms with Crippen molar-refractivity contribution in [2.75, 3.05) is 39.5 Å². The maximum Gasteiger partial charge on any atom is 0.208 e. The summed E-state index contributed by atoms with van der Waals surface area (Å²) in [4.78, 5) is 6.47. The molecule has 1 aliphatic heterocycles. The molecule has 0 bridgehead atoms. The first-order chi connectivity index (χ1) is 8.42. The molecule has 0 aromatic carbocycles. The molecule has 0 aromatic heterocycles. The third kappa shape index (κ3) is 5.68. The zero-order valence-corrected chi connectivity index (χ0v) is 12.3. The minimum Gasteiger partial charge on any atom is -0.355 e. The van der Waals surface area contributed by atoms with Crippen molar-refractivity contribution in [3.05, 3.63) is 0 Å². The molecule has 2 N–H and O–H groups in total. The lowest BCUT2D eigenvalue weighted by Crippen LogP contribution is -2.47. The van der Waals surface area contributed by atoms with Gasteiger partial charge in [0.1, 0.15) is 0 Å². The van der Waals surface area contributed by atoms with Gasteiger partial charge in [-0.3, -0.25) is 4.99 Å². The molecule has 0 spiro atoms. The van der Waals surface area contributed by atoms with Crippen LogP contribution < -0.4 is 10.0 Å². The first-order valence-corrected chi connectivity index (χ1v) is 8.21. The van der Waals surface area contributed by atoms with Gasteiger partial charge < -0.3 is 10.2 Å². The van der Waals surface area contributed by atoms with Crippen molar-refractivity contribution >= 4 is 16.0 Å². The Morgan fingerprint density at radius 3 is 2.72 bits per heavy atom. The van der Waals surface area contributed by atoms with Crippen LogP contribution in [0, 0.1) is 5.92 Å². The van der Waals surface area contributed by atoms with Crippen LogP contribution in [-0.2, 0) is 10.0 Å². The Bertz CT molecular complexity index is 381. The Kier molecular flexibility index (Phi) is 5.87. The zero-order valence-electron chi connectivity index (χ0n) is 11.4. The number of guanidine groups is 1. The van der Waals surface area contributed by atoms with Crippen molar-refractivity contribution in [3.8, 4) is 0 Å². The third-order valence-corrected chi connectivity index (χ3v) is 3.67. The summed E-state index contributed by atoms with van der Waals surface area (Å²) in [6.07, 6.45) is 3.61. The second-order valence-electron chi connectivity index (χ2n) is 4.83. The minimum atomic E-state index is -3.11. The number of piperidine rings is 1. The lowest BCUT2D eigenvalue weighted by Gasteiger charge is -2.33. The topological polar surface area (TPSA) is 73.8 Å². The molecule has 106 valence electrons. The number of aliphatic imine (C=N–C) groups is 1. The van der Waals surface area contributed by atoms with E-state index in [4.69, 9.17) is 0 Å². The van der Waals surface area contributed by atoms with Crippen LogP contribution in [0.5, 0.6) is 0 Å². The van der Waals surface area contributed by atoms with E-state index in [9.17, 15) is 8.42 Å². The van der Waals surface area contributed by atoms with Gasteiger partial charge in [0.05, 0.1) is 6.26 Å². The lowest BCUT2D eigenvalue weighted by atomic mass is 10.0. The van der Waals surface area contributed by atoms with E-state index in [0.29, 0.717) is 19.0 Å². The van der Waals surface area contributed by atoms with E-state index in [1.165, 1.54) is 12.8 Å². The van der Waals surface area contributed by atoms with Gasteiger partial charge in [-0.2, -0.15) is 0 Å². The minimum absolute atomic E-state index is 0.376. The Labute approximate surface area is 110 Å². The molecular formula is C11H24N4O2S. The fourth-order valence-electron chi connectivity index (χ4n) is 2.12. The monoisotopic (exact) mass is 276 g/mol. The van der Waals surface area contributed by atoms with Crippen LogP contribution in [0.1, 0.15) is 19.8 Å². The van der Waals surface area contributed by atoms with E-state index < -0.39 is 10.0 Å². The van der Waals surface area contributed by atoms with Crippen molar-refractivity contribution in [2.45, 2.75) is 19.8 Å². The molecule has 1 fully saturated rings. The summed E-state index contributed by atoms with van der Waals surface area (Å²) in [7, 11) is -1.35. The first kappa shape index (κ1) is 15.2. The van der Waals surface area contributed by atoms with Crippen LogP contribution in [0.25, 0.3) is 0 Å². The number of rotatable bonds is 4. The van der Waals surface area contributed by atoms with Crippen LogP contribution in [-0.4, -0.2) is 58.8 Å². The van der Waals surface area contributed by atoms with Crippen molar-refractivity contribution in [1.82, 2.24) is 14.9 Å². The molecule has 0 radical (unpaired) electrons. The molecule has 1 atom stereocenters. The van der Waals surface area contributed by atoms with Crippen LogP contribution >= 0.6 is 0 Å². The number of nitrogens with one attached hydrogen (secondary N) is 2. The van der Waals surface area contributed by atoms with Crippen molar-refractivity contribution in [2.24, 2.45) is 10.9 Å². The van der Waals surface area contributed by atoms with Crippen LogP contribution in [0.2, 0.25) is 0 Å². The van der Waals surface area contributed by atoms with Crippen LogP contribution in [0.3, 0.4) is 0 Å². The summed E-state index contributed by atoms with van der Waals surface area (Å²) in [6, 6.07) is 0. The molecule has 1 saturated heterocycles. The number of likely N-dealkylation sites (tertiary alicyclic amines) is 1. The molecular weight excluding hydrogens is 252 g/mol. The first-order valence-electron chi connectivity index (χ1n) is 6.32. The molecule has 1 aliphatic rings. The normalized spacial score (nSPS) is 22.1. The van der Waals surface area contributed by atoms with Crippen molar-refractivity contribution in [3.63, 3.8) is 0 Å². The summed E-state index contributed by atoms with van der Waals surface area (Å²) in [5.41, 5.74) is 0. The van der Waals surface area contributed by atoms with Gasteiger partial charge in [0.25, 0.3) is 0 Å². The maximum absolute atomic E-state index is 10.9. The molecule has 0 aromatic rings. The Morgan fingerprint density at radius 2 is 2.17 bits per heavy atom. The number of hydrogen-bond donors (Lipinski definition) is 2. The van der Waals surface area contributed by atoms with Gasteiger partial charge in [0.2, 0.25) is 10.0 Å². The van der Waals surface area contributed by atoms with Gasteiger partial charge in [0, 0.05) is 33.2 Å². The lowest BCUT2D eigenvalue weighted by molar-refractivity contribution is 0.266. The Balaban J connectivity index is 2.34. The molecule has 1 heterocycles. The predicted molar refractivity (Wildman–Crippen MR) is 74.2 cm³/mol. The maximum atomic E-state index is 10.9. The van der Waals surface area contributed by atoms with Crippen molar-refractivity contribution in [1.29, 1.82) is 0 Å². The van der Waals surface area contributed by atoms with Crippen LogP contribution in [0.4, 0.5) is 0 Å². The van der Waals surface area contributed by atoms with Gasteiger partial charge in [-0.1, -0.05) is 6.92 Å². The number of hydrogen-bond acceptors (Lipinski definition) is 3. The molecule has 0 amide bonds. The highest BCUT2D eigenvalue weighted by molar-refractivity contribution is 7.88. The third-order valence-electron chi connectivity index (χ3n) is 2.94.